The van der Waals surface area contributed by atoms with Gasteiger partial charge in [0, 0.05) is 15.8 Å². The molecule has 5 nitrogen and oxygen atoms in total. The molecule has 6 heteroatoms. The number of carbonyl (C=O) groups is 2. The van der Waals surface area contributed by atoms with E-state index in [9.17, 15) is 9.59 Å². The second kappa shape index (κ2) is 7.08. The maximum atomic E-state index is 12.3. The van der Waals surface area contributed by atoms with Crippen molar-refractivity contribution in [3.05, 3.63) is 58.1 Å². The molecule has 25 heavy (non-hydrogen) atoms. The first kappa shape index (κ1) is 17.2. The van der Waals surface area contributed by atoms with Crippen molar-refractivity contribution in [3.63, 3.8) is 0 Å². The van der Waals surface area contributed by atoms with Crippen LogP contribution in [0.15, 0.2) is 46.9 Å². The molecule has 2 unspecified atom stereocenters. The summed E-state index contributed by atoms with van der Waals surface area (Å²) < 4.78 is 0.924. The largest absolute Gasteiger partial charge is 0.326 e. The second-order valence-corrected chi connectivity index (χ2v) is 6.94. The highest BCUT2D eigenvalue weighted by Gasteiger charge is 2.48. The summed E-state index contributed by atoms with van der Waals surface area (Å²) in [4.78, 5) is 24.5. The first-order valence-corrected chi connectivity index (χ1v) is 8.65. The Bertz CT molecular complexity index is 888. The van der Waals surface area contributed by atoms with Crippen molar-refractivity contribution in [1.82, 2.24) is 0 Å². The van der Waals surface area contributed by atoms with E-state index in [1.807, 2.05) is 31.2 Å². The van der Waals surface area contributed by atoms with Crippen LogP contribution in [0.1, 0.15) is 17.5 Å². The van der Waals surface area contributed by atoms with Crippen molar-refractivity contribution in [2.24, 2.45) is 11.8 Å². The molecule has 0 bridgehead atoms. The smallest absolute Gasteiger partial charge is 0.228 e. The number of halogens is 1. The number of nitrogens with one attached hydrogen (secondary N) is 2. The Morgan fingerprint density at radius 1 is 1.08 bits per heavy atom. The standard InChI is InChI=1S/C19H16BrN3O2/c1-11-5-6-14(8-17(11)20)23-19(25)16-9-15(16)18(24)22-13-4-2-3-12(7-13)10-21/h2-8,15-16H,9H2,1H3,(H,22,24)(H,23,25). The van der Waals surface area contributed by atoms with Gasteiger partial charge in [-0.25, -0.2) is 0 Å². The number of hydrogen-bond donors (Lipinski definition) is 2. The van der Waals surface area contributed by atoms with Crippen molar-refractivity contribution in [1.29, 1.82) is 5.26 Å². The van der Waals surface area contributed by atoms with Gasteiger partial charge in [-0.1, -0.05) is 28.1 Å². The van der Waals surface area contributed by atoms with Crippen LogP contribution in [0.2, 0.25) is 0 Å². The van der Waals surface area contributed by atoms with E-state index in [1.165, 1.54) is 0 Å². The van der Waals surface area contributed by atoms with Gasteiger partial charge < -0.3 is 10.6 Å². The average Bonchev–Trinajstić information content (AvgIpc) is 3.39. The average molecular weight is 398 g/mol. The third-order valence-electron chi connectivity index (χ3n) is 4.16. The third-order valence-corrected chi connectivity index (χ3v) is 5.02. The molecule has 2 N–H and O–H groups in total. The molecular formula is C19H16BrN3O2. The zero-order valence-corrected chi connectivity index (χ0v) is 15.1. The lowest BCUT2D eigenvalue weighted by molar-refractivity contribution is -0.122. The fourth-order valence-corrected chi connectivity index (χ4v) is 2.96. The maximum absolute atomic E-state index is 12.3. The van der Waals surface area contributed by atoms with E-state index in [0.29, 0.717) is 23.4 Å². The zero-order valence-electron chi connectivity index (χ0n) is 13.5. The van der Waals surface area contributed by atoms with E-state index in [-0.39, 0.29) is 23.7 Å². The highest BCUT2D eigenvalue weighted by Crippen LogP contribution is 2.40. The van der Waals surface area contributed by atoms with Gasteiger partial charge in [-0.05, 0) is 49.2 Å². The molecule has 2 aromatic rings. The molecule has 126 valence electrons. The summed E-state index contributed by atoms with van der Waals surface area (Å²) in [7, 11) is 0. The molecule has 0 aliphatic heterocycles. The first-order valence-electron chi connectivity index (χ1n) is 7.86. The van der Waals surface area contributed by atoms with Gasteiger partial charge in [0.15, 0.2) is 0 Å². The van der Waals surface area contributed by atoms with Gasteiger partial charge in [-0.2, -0.15) is 5.26 Å². The number of anilines is 2. The molecule has 0 spiro atoms. The van der Waals surface area contributed by atoms with Crippen LogP contribution in [-0.4, -0.2) is 11.8 Å². The Morgan fingerprint density at radius 3 is 2.32 bits per heavy atom. The summed E-state index contributed by atoms with van der Waals surface area (Å²) in [6.07, 6.45) is 0.530. The Morgan fingerprint density at radius 2 is 1.72 bits per heavy atom. The monoisotopic (exact) mass is 397 g/mol. The molecule has 1 fully saturated rings. The van der Waals surface area contributed by atoms with Crippen molar-refractivity contribution in [2.75, 3.05) is 10.6 Å². The van der Waals surface area contributed by atoms with Crippen molar-refractivity contribution < 1.29 is 9.59 Å². The van der Waals surface area contributed by atoms with E-state index in [1.54, 1.807) is 24.3 Å². The number of aryl methyl sites for hydroxylation is 1. The van der Waals surface area contributed by atoms with E-state index in [4.69, 9.17) is 5.26 Å². The van der Waals surface area contributed by atoms with Crippen LogP contribution >= 0.6 is 15.9 Å². The van der Waals surface area contributed by atoms with Crippen LogP contribution in [0.4, 0.5) is 11.4 Å². The Balaban J connectivity index is 1.57. The van der Waals surface area contributed by atoms with Gasteiger partial charge in [0.1, 0.15) is 0 Å². The normalized spacial score (nSPS) is 18.1. The predicted octanol–water partition coefficient (Wildman–Crippen LogP) is 3.84. The number of carbonyl (C=O) groups excluding carboxylic acids is 2. The van der Waals surface area contributed by atoms with E-state index in [0.717, 1.165) is 10.0 Å². The van der Waals surface area contributed by atoms with E-state index in [2.05, 4.69) is 26.6 Å². The van der Waals surface area contributed by atoms with Gasteiger partial charge in [-0.3, -0.25) is 9.59 Å². The number of hydrogen-bond acceptors (Lipinski definition) is 3. The third kappa shape index (κ3) is 4.06. The van der Waals surface area contributed by atoms with Gasteiger partial charge >= 0.3 is 0 Å². The molecule has 1 saturated carbocycles. The molecule has 0 heterocycles. The molecule has 0 saturated heterocycles. The van der Waals surface area contributed by atoms with Gasteiger partial charge in [0.05, 0.1) is 23.5 Å². The zero-order chi connectivity index (χ0) is 18.0. The van der Waals surface area contributed by atoms with Crippen molar-refractivity contribution >= 4 is 39.1 Å². The highest BCUT2D eigenvalue weighted by atomic mass is 79.9. The molecule has 1 aliphatic rings. The van der Waals surface area contributed by atoms with Crippen LogP contribution in [0, 0.1) is 30.1 Å². The van der Waals surface area contributed by atoms with Crippen LogP contribution in [-0.2, 0) is 9.59 Å². The molecular weight excluding hydrogens is 382 g/mol. The SMILES string of the molecule is Cc1ccc(NC(=O)C2CC2C(=O)Nc2cccc(C#N)c2)cc1Br. The highest BCUT2D eigenvalue weighted by molar-refractivity contribution is 9.10. The molecule has 2 atom stereocenters. The lowest BCUT2D eigenvalue weighted by Gasteiger charge is -2.07. The summed E-state index contributed by atoms with van der Waals surface area (Å²) in [5, 5.41) is 14.5. The van der Waals surface area contributed by atoms with Crippen molar-refractivity contribution in [2.45, 2.75) is 13.3 Å². The predicted molar refractivity (Wildman–Crippen MR) is 98.9 cm³/mol. The lowest BCUT2D eigenvalue weighted by atomic mass is 10.2. The topological polar surface area (TPSA) is 82.0 Å². The Kier molecular flexibility index (Phi) is 4.86. The van der Waals surface area contributed by atoms with Crippen LogP contribution in [0.3, 0.4) is 0 Å². The number of nitriles is 1. The minimum atomic E-state index is -0.334. The lowest BCUT2D eigenvalue weighted by Crippen LogP contribution is -2.20. The number of benzene rings is 2. The maximum Gasteiger partial charge on any atom is 0.228 e. The summed E-state index contributed by atoms with van der Waals surface area (Å²) >= 11 is 3.43. The fourth-order valence-electron chi connectivity index (χ4n) is 2.58. The number of amides is 2. The Hall–Kier alpha value is -2.65. The minimum Gasteiger partial charge on any atom is -0.326 e. The molecule has 2 aromatic carbocycles. The summed E-state index contributed by atoms with van der Waals surface area (Å²) in [5.41, 5.74) is 2.84. The molecule has 1 aliphatic carbocycles. The van der Waals surface area contributed by atoms with Gasteiger partial charge in [0.25, 0.3) is 0 Å². The van der Waals surface area contributed by atoms with Gasteiger partial charge in [-0.15, -0.1) is 0 Å². The molecule has 2 amide bonds. The van der Waals surface area contributed by atoms with Crippen molar-refractivity contribution in [3.8, 4) is 6.07 Å². The van der Waals surface area contributed by atoms with Crippen LogP contribution in [0.25, 0.3) is 0 Å². The first-order chi connectivity index (χ1) is 12.0. The summed E-state index contributed by atoms with van der Waals surface area (Å²) in [6.45, 7) is 1.97. The van der Waals surface area contributed by atoms with Crippen LogP contribution in [0.5, 0.6) is 0 Å². The second-order valence-electron chi connectivity index (χ2n) is 6.08. The summed E-state index contributed by atoms with van der Waals surface area (Å²) in [6, 6.07) is 14.3. The van der Waals surface area contributed by atoms with Gasteiger partial charge in [0.2, 0.25) is 11.8 Å². The van der Waals surface area contributed by atoms with Crippen LogP contribution < -0.4 is 10.6 Å². The fraction of sp³-hybridized carbons (Fsp3) is 0.211. The van der Waals surface area contributed by atoms with E-state index >= 15 is 0 Å². The number of nitrogens with zero attached hydrogens (tertiary/aromatic N) is 1. The molecule has 0 aromatic heterocycles. The quantitative estimate of drug-likeness (QED) is 0.821. The minimum absolute atomic E-state index is 0.151. The number of rotatable bonds is 4. The molecule has 3 rings (SSSR count). The molecule has 0 radical (unpaired) electrons. The summed E-state index contributed by atoms with van der Waals surface area (Å²) in [5.74, 6) is -0.999. The Labute approximate surface area is 154 Å². The van der Waals surface area contributed by atoms with E-state index < -0.39 is 0 Å².